The fourth-order valence-corrected chi connectivity index (χ4v) is 1.41. The fourth-order valence-electron chi connectivity index (χ4n) is 1.41. The lowest BCUT2D eigenvalue weighted by molar-refractivity contribution is -0.140. The third kappa shape index (κ3) is 4.50. The van der Waals surface area contributed by atoms with Gasteiger partial charge in [-0.1, -0.05) is 11.2 Å². The summed E-state index contributed by atoms with van der Waals surface area (Å²) in [5, 5.41) is 3.36. The van der Waals surface area contributed by atoms with Crippen molar-refractivity contribution in [3.05, 3.63) is 58.5 Å². The van der Waals surface area contributed by atoms with Crippen molar-refractivity contribution in [2.24, 2.45) is 5.11 Å². The Labute approximate surface area is 120 Å². The van der Waals surface area contributed by atoms with Crippen molar-refractivity contribution in [3.8, 4) is 5.75 Å². The molecule has 108 valence electrons. The fraction of sp³-hybridized carbons (Fsp3) is 0.231. The van der Waals surface area contributed by atoms with Gasteiger partial charge in [-0.2, -0.15) is 4.79 Å². The molecular formula is C13H13N5O3. The Morgan fingerprint density at radius 1 is 1.43 bits per heavy atom. The third-order valence-corrected chi connectivity index (χ3v) is 2.51. The van der Waals surface area contributed by atoms with Gasteiger partial charge in [-0.05, 0) is 29.8 Å². The molecule has 0 heterocycles. The number of carbonyl (C=O) groups is 1. The van der Waals surface area contributed by atoms with E-state index in [-0.39, 0.29) is 12.3 Å². The minimum absolute atomic E-state index is 0.193. The SMILES string of the molecule is C=CC(COC(=O)C(=[N+]=[N-])c1ccc(OC)cc1)N=[N+]=[N-]. The van der Waals surface area contributed by atoms with Gasteiger partial charge in [0, 0.05) is 4.91 Å². The highest BCUT2D eigenvalue weighted by molar-refractivity contribution is 6.40. The average molecular weight is 287 g/mol. The maximum Gasteiger partial charge on any atom is 0.422 e. The molecule has 0 radical (unpaired) electrons. The second-order valence-corrected chi connectivity index (χ2v) is 3.78. The molecule has 1 rings (SSSR count). The van der Waals surface area contributed by atoms with Crippen LogP contribution in [0.5, 0.6) is 5.75 Å². The number of esters is 1. The van der Waals surface area contributed by atoms with Crippen molar-refractivity contribution in [2.45, 2.75) is 6.04 Å². The van der Waals surface area contributed by atoms with Crippen molar-refractivity contribution in [2.75, 3.05) is 13.7 Å². The number of azide groups is 1. The first kappa shape index (κ1) is 16.0. The lowest BCUT2D eigenvalue weighted by atomic mass is 10.1. The van der Waals surface area contributed by atoms with Crippen LogP contribution in [-0.4, -0.2) is 36.2 Å². The molecule has 0 aliphatic heterocycles. The van der Waals surface area contributed by atoms with Crippen molar-refractivity contribution < 1.29 is 19.1 Å². The molecule has 8 heteroatoms. The second-order valence-electron chi connectivity index (χ2n) is 3.78. The van der Waals surface area contributed by atoms with Crippen LogP contribution < -0.4 is 4.74 Å². The van der Waals surface area contributed by atoms with Crippen molar-refractivity contribution in [1.29, 1.82) is 0 Å². The molecule has 0 fully saturated rings. The molecule has 1 aromatic rings. The molecular weight excluding hydrogens is 274 g/mol. The maximum absolute atomic E-state index is 11.8. The van der Waals surface area contributed by atoms with Crippen LogP contribution in [0, 0.1) is 0 Å². The Morgan fingerprint density at radius 2 is 2.10 bits per heavy atom. The van der Waals surface area contributed by atoms with Gasteiger partial charge in [0.1, 0.15) is 12.4 Å². The van der Waals surface area contributed by atoms with Gasteiger partial charge < -0.3 is 15.0 Å². The third-order valence-electron chi connectivity index (χ3n) is 2.51. The van der Waals surface area contributed by atoms with Crippen LogP contribution in [0.15, 0.2) is 42.0 Å². The van der Waals surface area contributed by atoms with E-state index in [4.69, 9.17) is 20.5 Å². The molecule has 0 amide bonds. The standard InChI is InChI=1S/C13H13N5O3/c1-3-10(17-18-15)8-21-13(19)12(16-14)9-4-6-11(20-2)7-5-9/h3-7,10H,1,8H2,2H3. The number of ether oxygens (including phenoxy) is 2. The highest BCUT2D eigenvalue weighted by Gasteiger charge is 2.25. The molecule has 0 bridgehead atoms. The minimum Gasteiger partial charge on any atom is -0.497 e. The molecule has 8 nitrogen and oxygen atoms in total. The van der Waals surface area contributed by atoms with Gasteiger partial charge in [0.25, 0.3) is 0 Å². The number of hydrogen-bond donors (Lipinski definition) is 0. The van der Waals surface area contributed by atoms with Crippen LogP contribution in [0.3, 0.4) is 0 Å². The molecule has 0 N–H and O–H groups in total. The normalized spacial score (nSPS) is 10.5. The summed E-state index contributed by atoms with van der Waals surface area (Å²) in [7, 11) is 1.51. The topological polar surface area (TPSA) is 121 Å². The molecule has 0 saturated carbocycles. The number of benzene rings is 1. The van der Waals surface area contributed by atoms with Gasteiger partial charge in [0.05, 0.1) is 18.7 Å². The van der Waals surface area contributed by atoms with Crippen molar-refractivity contribution in [1.82, 2.24) is 0 Å². The van der Waals surface area contributed by atoms with Crippen molar-refractivity contribution >= 4 is 11.7 Å². The summed E-state index contributed by atoms with van der Waals surface area (Å²) in [5.74, 6) is -0.248. The summed E-state index contributed by atoms with van der Waals surface area (Å²) in [6.07, 6.45) is 1.34. The van der Waals surface area contributed by atoms with E-state index in [1.807, 2.05) is 0 Å². The van der Waals surface area contributed by atoms with E-state index >= 15 is 0 Å². The molecule has 0 aromatic heterocycles. The zero-order chi connectivity index (χ0) is 15.7. The molecule has 1 aromatic carbocycles. The van der Waals surface area contributed by atoms with Gasteiger partial charge in [-0.15, -0.1) is 6.58 Å². The molecule has 21 heavy (non-hydrogen) atoms. The van der Waals surface area contributed by atoms with Crippen LogP contribution in [0.2, 0.25) is 0 Å². The quantitative estimate of drug-likeness (QED) is 0.190. The van der Waals surface area contributed by atoms with Gasteiger partial charge in [0.15, 0.2) is 0 Å². The van der Waals surface area contributed by atoms with Gasteiger partial charge in [-0.25, -0.2) is 4.79 Å². The zero-order valence-electron chi connectivity index (χ0n) is 11.3. The number of carbonyl (C=O) groups excluding carboxylic acids is 1. The second kappa shape index (κ2) is 8.16. The zero-order valence-corrected chi connectivity index (χ0v) is 11.3. The first-order valence-corrected chi connectivity index (χ1v) is 5.86. The predicted octanol–water partition coefficient (Wildman–Crippen LogP) is 2.12. The molecule has 1 unspecified atom stereocenters. The van der Waals surface area contributed by atoms with Crippen LogP contribution in [0.4, 0.5) is 0 Å². The lowest BCUT2D eigenvalue weighted by Gasteiger charge is -2.05. The highest BCUT2D eigenvalue weighted by Crippen LogP contribution is 2.12. The number of rotatable bonds is 7. The smallest absolute Gasteiger partial charge is 0.422 e. The largest absolute Gasteiger partial charge is 0.497 e. The Kier molecular flexibility index (Phi) is 6.21. The molecule has 0 aliphatic carbocycles. The first-order chi connectivity index (χ1) is 10.2. The summed E-state index contributed by atoms with van der Waals surface area (Å²) >= 11 is 0. The van der Waals surface area contributed by atoms with E-state index in [1.54, 1.807) is 24.3 Å². The van der Waals surface area contributed by atoms with Gasteiger partial charge in [0.2, 0.25) is 0 Å². The first-order valence-electron chi connectivity index (χ1n) is 5.86. The van der Waals surface area contributed by atoms with E-state index in [9.17, 15) is 4.79 Å². The molecule has 0 aliphatic rings. The lowest BCUT2D eigenvalue weighted by Crippen LogP contribution is -2.23. The van der Waals surface area contributed by atoms with E-state index in [1.165, 1.54) is 13.2 Å². The molecule has 0 spiro atoms. The summed E-state index contributed by atoms with van der Waals surface area (Å²) < 4.78 is 9.90. The van der Waals surface area contributed by atoms with Crippen LogP contribution >= 0.6 is 0 Å². The van der Waals surface area contributed by atoms with Crippen LogP contribution in [0.1, 0.15) is 5.56 Å². The summed E-state index contributed by atoms with van der Waals surface area (Å²) in [6, 6.07) is 5.64. The summed E-state index contributed by atoms with van der Waals surface area (Å²) in [5.41, 5.74) is 17.4. The average Bonchev–Trinajstić information content (AvgIpc) is 2.52. The minimum atomic E-state index is -0.845. The van der Waals surface area contributed by atoms with Crippen LogP contribution in [-0.2, 0) is 9.53 Å². The van der Waals surface area contributed by atoms with E-state index in [2.05, 4.69) is 21.4 Å². The summed E-state index contributed by atoms with van der Waals surface area (Å²) in [4.78, 5) is 17.4. The highest BCUT2D eigenvalue weighted by atomic mass is 16.5. The van der Waals surface area contributed by atoms with Crippen LogP contribution in [0.25, 0.3) is 16.0 Å². The molecule has 1 atom stereocenters. The Morgan fingerprint density at radius 3 is 2.57 bits per heavy atom. The van der Waals surface area contributed by atoms with E-state index in [0.29, 0.717) is 11.3 Å². The van der Waals surface area contributed by atoms with E-state index in [0.717, 1.165) is 0 Å². The number of methoxy groups -OCH3 is 1. The number of nitrogens with zero attached hydrogens (tertiary/aromatic N) is 5. The maximum atomic E-state index is 11.8. The molecule has 0 saturated heterocycles. The summed E-state index contributed by atoms with van der Waals surface area (Å²) in [6.45, 7) is 3.26. The Hall–Kier alpha value is -3.08. The predicted molar refractivity (Wildman–Crippen MR) is 74.8 cm³/mol. The van der Waals surface area contributed by atoms with E-state index < -0.39 is 12.0 Å². The Balaban J connectivity index is 2.80. The number of hydrogen-bond acceptors (Lipinski definition) is 4. The van der Waals surface area contributed by atoms with Gasteiger partial charge >= 0.3 is 11.7 Å². The Bertz CT molecular complexity index is 613. The van der Waals surface area contributed by atoms with Gasteiger partial charge in [-0.3, -0.25) is 0 Å². The monoisotopic (exact) mass is 287 g/mol. The van der Waals surface area contributed by atoms with Crippen molar-refractivity contribution in [3.63, 3.8) is 0 Å².